The first-order chi connectivity index (χ1) is 8.17. The van der Waals surface area contributed by atoms with Gasteiger partial charge in [0.25, 0.3) is 0 Å². The largest absolute Gasteiger partial charge is 0.480 e. The lowest BCUT2D eigenvalue weighted by molar-refractivity contribution is -0.147. The number of hydrogen-bond donors (Lipinski definition) is 2. The highest BCUT2D eigenvalue weighted by Gasteiger charge is 2.30. The Hall–Kier alpha value is -1.56. The van der Waals surface area contributed by atoms with E-state index in [0.29, 0.717) is 0 Å². The van der Waals surface area contributed by atoms with E-state index in [4.69, 9.17) is 9.84 Å². The van der Waals surface area contributed by atoms with Crippen LogP contribution in [0.4, 0.5) is 4.79 Å². The van der Waals surface area contributed by atoms with Crippen LogP contribution in [0.1, 0.15) is 27.7 Å². The van der Waals surface area contributed by atoms with Crippen molar-refractivity contribution in [1.82, 2.24) is 5.32 Å². The highest BCUT2D eigenvalue weighted by molar-refractivity contribution is 5.80. The fourth-order valence-electron chi connectivity index (χ4n) is 1.31. The lowest BCUT2D eigenvalue weighted by Gasteiger charge is -2.29. The van der Waals surface area contributed by atoms with Gasteiger partial charge in [0.15, 0.2) is 6.04 Å². The van der Waals surface area contributed by atoms with Crippen LogP contribution in [0, 0.1) is 0 Å². The summed E-state index contributed by atoms with van der Waals surface area (Å²) in [5, 5.41) is 11.3. The van der Waals surface area contributed by atoms with Gasteiger partial charge in [0.2, 0.25) is 0 Å². The van der Waals surface area contributed by atoms with Crippen molar-refractivity contribution in [3.63, 3.8) is 0 Å². The summed E-state index contributed by atoms with van der Waals surface area (Å²) >= 11 is 0. The van der Waals surface area contributed by atoms with Crippen LogP contribution in [0.2, 0.25) is 0 Å². The molecule has 104 valence electrons. The molecule has 18 heavy (non-hydrogen) atoms. The fraction of sp³-hybridized carbons (Fsp3) is 0.667. The van der Waals surface area contributed by atoms with Gasteiger partial charge in [0.1, 0.15) is 6.61 Å². The average Bonchev–Trinajstić information content (AvgIpc) is 2.19. The smallest absolute Gasteiger partial charge is 0.408 e. The molecule has 1 amide bonds. The van der Waals surface area contributed by atoms with Crippen molar-refractivity contribution in [3.05, 3.63) is 12.7 Å². The van der Waals surface area contributed by atoms with Gasteiger partial charge in [-0.05, 0) is 27.7 Å². The van der Waals surface area contributed by atoms with Crippen LogP contribution >= 0.6 is 0 Å². The SMILES string of the molecule is C=CCOC(=O)N[C@H](C(=O)O)[C@H](C)OC(C)(C)C. The number of rotatable bonds is 6. The van der Waals surface area contributed by atoms with E-state index in [9.17, 15) is 9.59 Å². The number of aliphatic carboxylic acids is 1. The molecule has 0 aromatic heterocycles. The molecule has 0 aromatic carbocycles. The Balaban J connectivity index is 4.52. The molecule has 0 spiro atoms. The Kier molecular flexibility index (Phi) is 6.40. The lowest BCUT2D eigenvalue weighted by atomic mass is 10.1. The van der Waals surface area contributed by atoms with Gasteiger partial charge in [-0.15, -0.1) is 0 Å². The summed E-state index contributed by atoms with van der Waals surface area (Å²) in [4.78, 5) is 22.4. The molecule has 6 heteroatoms. The molecule has 0 radical (unpaired) electrons. The number of carbonyl (C=O) groups excluding carboxylic acids is 1. The van der Waals surface area contributed by atoms with Crippen LogP contribution < -0.4 is 5.32 Å². The van der Waals surface area contributed by atoms with Gasteiger partial charge in [-0.3, -0.25) is 0 Å². The van der Waals surface area contributed by atoms with Gasteiger partial charge < -0.3 is 19.9 Å². The third-order valence-electron chi connectivity index (χ3n) is 1.88. The third-order valence-corrected chi connectivity index (χ3v) is 1.88. The molecule has 0 unspecified atom stereocenters. The quantitative estimate of drug-likeness (QED) is 0.707. The fourth-order valence-corrected chi connectivity index (χ4v) is 1.31. The van der Waals surface area contributed by atoms with E-state index in [1.165, 1.54) is 6.08 Å². The maximum absolute atomic E-state index is 11.3. The zero-order chi connectivity index (χ0) is 14.3. The minimum atomic E-state index is -1.18. The normalized spacial score (nSPS) is 14.4. The van der Waals surface area contributed by atoms with Crippen LogP contribution in [0.25, 0.3) is 0 Å². The number of carboxylic acids is 1. The van der Waals surface area contributed by atoms with Crippen molar-refractivity contribution in [2.24, 2.45) is 0 Å². The van der Waals surface area contributed by atoms with Gasteiger partial charge in [-0.25, -0.2) is 9.59 Å². The first kappa shape index (κ1) is 16.4. The van der Waals surface area contributed by atoms with E-state index in [2.05, 4.69) is 16.6 Å². The number of carbonyl (C=O) groups is 2. The first-order valence-corrected chi connectivity index (χ1v) is 5.62. The second-order valence-electron chi connectivity index (χ2n) is 4.78. The predicted octanol–water partition coefficient (Wildman–Crippen LogP) is 1.56. The highest BCUT2D eigenvalue weighted by Crippen LogP contribution is 2.13. The van der Waals surface area contributed by atoms with E-state index in [1.807, 2.05) is 0 Å². The maximum atomic E-state index is 11.3. The lowest BCUT2D eigenvalue weighted by Crippen LogP contribution is -2.50. The summed E-state index contributed by atoms with van der Waals surface area (Å²) in [6.45, 7) is 10.4. The van der Waals surface area contributed by atoms with E-state index >= 15 is 0 Å². The molecule has 6 nitrogen and oxygen atoms in total. The number of alkyl carbamates (subject to hydrolysis) is 1. The standard InChI is InChI=1S/C12H21NO5/c1-6-7-17-11(16)13-9(10(14)15)8(2)18-12(3,4)5/h6,8-9H,1,7H2,2-5H3,(H,13,16)(H,14,15)/t8-,9-/m0/s1. The summed E-state index contributed by atoms with van der Waals surface area (Å²) in [5.74, 6) is -1.18. The second-order valence-corrected chi connectivity index (χ2v) is 4.78. The van der Waals surface area contributed by atoms with Crippen molar-refractivity contribution < 1.29 is 24.2 Å². The number of ether oxygens (including phenoxy) is 2. The van der Waals surface area contributed by atoms with Gasteiger partial charge in [0, 0.05) is 0 Å². The van der Waals surface area contributed by atoms with Crippen LogP contribution in [-0.2, 0) is 14.3 Å². The predicted molar refractivity (Wildman–Crippen MR) is 66.4 cm³/mol. The van der Waals surface area contributed by atoms with Crippen LogP contribution in [-0.4, -0.2) is 41.5 Å². The molecule has 2 N–H and O–H groups in total. The molecule has 0 aliphatic rings. The number of hydrogen-bond acceptors (Lipinski definition) is 4. The summed E-state index contributed by atoms with van der Waals surface area (Å²) in [6, 6.07) is -1.17. The molecule has 0 saturated carbocycles. The molecule has 0 bridgehead atoms. The van der Waals surface area contributed by atoms with E-state index < -0.39 is 29.8 Å². The zero-order valence-electron chi connectivity index (χ0n) is 11.2. The molecule has 0 saturated heterocycles. The third kappa shape index (κ3) is 6.90. The van der Waals surface area contributed by atoms with Crippen molar-refractivity contribution in [2.75, 3.05) is 6.61 Å². The first-order valence-electron chi connectivity index (χ1n) is 5.62. The maximum Gasteiger partial charge on any atom is 0.408 e. The molecule has 0 aliphatic carbocycles. The minimum absolute atomic E-state index is 0.0205. The monoisotopic (exact) mass is 259 g/mol. The van der Waals surface area contributed by atoms with Crippen LogP contribution in [0.5, 0.6) is 0 Å². The Morgan fingerprint density at radius 1 is 1.44 bits per heavy atom. The van der Waals surface area contributed by atoms with Gasteiger partial charge in [-0.1, -0.05) is 12.7 Å². The zero-order valence-corrected chi connectivity index (χ0v) is 11.2. The van der Waals surface area contributed by atoms with Crippen molar-refractivity contribution in [2.45, 2.75) is 45.4 Å². The van der Waals surface area contributed by atoms with Crippen molar-refractivity contribution in [3.8, 4) is 0 Å². The van der Waals surface area contributed by atoms with Gasteiger partial charge in [0.05, 0.1) is 11.7 Å². The molecule has 0 heterocycles. The summed E-state index contributed by atoms with van der Waals surface area (Å²) in [5.41, 5.74) is -0.500. The Morgan fingerprint density at radius 2 is 2.00 bits per heavy atom. The minimum Gasteiger partial charge on any atom is -0.480 e. The van der Waals surface area contributed by atoms with E-state index in [0.717, 1.165) is 0 Å². The average molecular weight is 259 g/mol. The van der Waals surface area contributed by atoms with Crippen LogP contribution in [0.15, 0.2) is 12.7 Å². The summed E-state index contributed by atoms with van der Waals surface area (Å²) < 4.78 is 10.2. The number of amides is 1. The molecule has 0 aromatic rings. The molecular formula is C12H21NO5. The molecule has 0 fully saturated rings. The Bertz CT molecular complexity index is 308. The Morgan fingerprint density at radius 3 is 2.39 bits per heavy atom. The van der Waals surface area contributed by atoms with Crippen molar-refractivity contribution in [1.29, 1.82) is 0 Å². The summed E-state index contributed by atoms with van der Waals surface area (Å²) in [7, 11) is 0. The Labute approximate surface area is 107 Å². The second kappa shape index (κ2) is 7.00. The van der Waals surface area contributed by atoms with Gasteiger partial charge >= 0.3 is 12.1 Å². The molecule has 0 rings (SSSR count). The van der Waals surface area contributed by atoms with E-state index in [1.54, 1.807) is 27.7 Å². The number of nitrogens with one attached hydrogen (secondary N) is 1. The topological polar surface area (TPSA) is 84.9 Å². The molecule has 0 aliphatic heterocycles. The van der Waals surface area contributed by atoms with E-state index in [-0.39, 0.29) is 6.61 Å². The van der Waals surface area contributed by atoms with Gasteiger partial charge in [-0.2, -0.15) is 0 Å². The van der Waals surface area contributed by atoms with Crippen molar-refractivity contribution >= 4 is 12.1 Å². The molecule has 2 atom stereocenters. The number of carboxylic acid groups (broad SMARTS) is 1. The van der Waals surface area contributed by atoms with Crippen LogP contribution in [0.3, 0.4) is 0 Å². The highest BCUT2D eigenvalue weighted by atomic mass is 16.6. The summed E-state index contributed by atoms with van der Waals surface area (Å²) in [6.07, 6.45) is -0.102. The molecular weight excluding hydrogens is 238 g/mol.